The third kappa shape index (κ3) is 1.62. The molecule has 1 unspecified atom stereocenters. The predicted molar refractivity (Wildman–Crippen MR) is 57.1 cm³/mol. The molecule has 1 aliphatic rings. The minimum Gasteiger partial charge on any atom is -0.259 e. The molecule has 1 aromatic carbocycles. The van der Waals surface area contributed by atoms with Crippen molar-refractivity contribution in [2.75, 3.05) is 0 Å². The smallest absolute Gasteiger partial charge is 0.0480 e. The summed E-state index contributed by atoms with van der Waals surface area (Å²) in [6.45, 7) is 0. The molecule has 0 fully saturated rings. The predicted octanol–water partition coefficient (Wildman–Crippen LogP) is 0.744. The fraction of sp³-hybridized carbons (Fsp3) is 0.300. The molecule has 0 saturated carbocycles. The molecule has 0 aromatic heterocycles. The van der Waals surface area contributed by atoms with Crippen LogP contribution >= 0.6 is 0 Å². The first-order chi connectivity index (χ1) is 6.07. The lowest BCUT2D eigenvalue weighted by atomic mass is 10.1. The van der Waals surface area contributed by atoms with E-state index in [0.29, 0.717) is 0 Å². The Kier molecular flexibility index (Phi) is 1.93. The molecule has 0 radical (unpaired) electrons. The summed E-state index contributed by atoms with van der Waals surface area (Å²) in [7, 11) is -2.37. The minimum absolute atomic E-state index is 0.0323. The number of rotatable bonds is 1. The Balaban J connectivity index is 2.33. The summed E-state index contributed by atoms with van der Waals surface area (Å²) in [5, 5.41) is 5.57. The summed E-state index contributed by atoms with van der Waals surface area (Å²) in [5.74, 6) is 3.54. The summed E-state index contributed by atoms with van der Waals surface area (Å²) < 4.78 is 11.5. The van der Waals surface area contributed by atoms with Gasteiger partial charge in [0.1, 0.15) is 0 Å². The van der Waals surface area contributed by atoms with Gasteiger partial charge in [0.15, 0.2) is 0 Å². The Morgan fingerprint density at radius 3 is 2.15 bits per heavy atom. The second kappa shape index (κ2) is 2.86. The van der Waals surface area contributed by atoms with Gasteiger partial charge in [0.05, 0.1) is 0 Å². The molecule has 0 heterocycles. The SMILES string of the molecule is C=S(N)(=O)C1Cc2ccccc2C1. The largest absolute Gasteiger partial charge is 0.259 e. The van der Waals surface area contributed by atoms with Gasteiger partial charge in [-0.2, -0.15) is 0 Å². The Hall–Kier alpha value is -0.800. The monoisotopic (exact) mass is 195 g/mol. The highest BCUT2D eigenvalue weighted by Gasteiger charge is 2.25. The third-order valence-corrected chi connectivity index (χ3v) is 4.04. The third-order valence-electron chi connectivity index (χ3n) is 2.58. The zero-order chi connectivity index (χ0) is 9.47. The standard InChI is InChI=1S/C10H13NOS/c1-13(11,12)10-6-8-4-2-3-5-9(8)7-10/h2-5,10H,1,6-7H2,(H2,11,12). The van der Waals surface area contributed by atoms with E-state index in [4.69, 9.17) is 5.14 Å². The average molecular weight is 195 g/mol. The molecule has 70 valence electrons. The van der Waals surface area contributed by atoms with Crippen molar-refractivity contribution in [3.8, 4) is 0 Å². The molecule has 2 N–H and O–H groups in total. The van der Waals surface area contributed by atoms with E-state index in [-0.39, 0.29) is 5.25 Å². The Morgan fingerprint density at radius 1 is 1.31 bits per heavy atom. The quantitative estimate of drug-likeness (QED) is 0.660. The van der Waals surface area contributed by atoms with Gasteiger partial charge >= 0.3 is 0 Å². The zero-order valence-electron chi connectivity index (χ0n) is 7.40. The van der Waals surface area contributed by atoms with Crippen molar-refractivity contribution in [2.24, 2.45) is 5.14 Å². The van der Waals surface area contributed by atoms with Gasteiger partial charge in [-0.25, -0.2) is 0 Å². The van der Waals surface area contributed by atoms with Crippen molar-refractivity contribution >= 4 is 15.6 Å². The zero-order valence-corrected chi connectivity index (χ0v) is 8.22. The number of hydrogen-bond acceptors (Lipinski definition) is 1. The second-order valence-corrected chi connectivity index (χ2v) is 5.80. The fourth-order valence-electron chi connectivity index (χ4n) is 1.80. The summed E-state index contributed by atoms with van der Waals surface area (Å²) >= 11 is 0. The van der Waals surface area contributed by atoms with E-state index < -0.39 is 9.71 Å². The molecule has 1 atom stereocenters. The van der Waals surface area contributed by atoms with Crippen LogP contribution in [0.3, 0.4) is 0 Å². The van der Waals surface area contributed by atoms with Crippen LogP contribution in [0.2, 0.25) is 0 Å². The molecule has 3 heteroatoms. The second-order valence-electron chi connectivity index (χ2n) is 3.58. The highest BCUT2D eigenvalue weighted by Crippen LogP contribution is 2.24. The molecule has 0 spiro atoms. The molecule has 0 bridgehead atoms. The highest BCUT2D eigenvalue weighted by molar-refractivity contribution is 7.98. The van der Waals surface area contributed by atoms with Crippen LogP contribution in [0.5, 0.6) is 0 Å². The average Bonchev–Trinajstić information content (AvgIpc) is 2.45. The van der Waals surface area contributed by atoms with Crippen molar-refractivity contribution in [2.45, 2.75) is 18.1 Å². The van der Waals surface area contributed by atoms with E-state index in [2.05, 4.69) is 18.0 Å². The maximum absolute atomic E-state index is 11.5. The Labute approximate surface area is 78.9 Å². The summed E-state index contributed by atoms with van der Waals surface area (Å²) in [6, 6.07) is 8.15. The van der Waals surface area contributed by atoms with Crippen LogP contribution in [-0.4, -0.2) is 15.3 Å². The van der Waals surface area contributed by atoms with Crippen LogP contribution in [-0.2, 0) is 22.5 Å². The highest BCUT2D eigenvalue weighted by atomic mass is 32.2. The maximum atomic E-state index is 11.5. The van der Waals surface area contributed by atoms with E-state index in [0.717, 1.165) is 12.8 Å². The van der Waals surface area contributed by atoms with Gasteiger partial charge in [-0.15, -0.1) is 0 Å². The first kappa shape index (κ1) is 8.78. The molecule has 2 rings (SSSR count). The lowest BCUT2D eigenvalue weighted by Crippen LogP contribution is -2.28. The summed E-state index contributed by atoms with van der Waals surface area (Å²) in [6.07, 6.45) is 1.63. The van der Waals surface area contributed by atoms with Crippen LogP contribution < -0.4 is 5.14 Å². The van der Waals surface area contributed by atoms with E-state index in [1.54, 1.807) is 0 Å². The van der Waals surface area contributed by atoms with Crippen LogP contribution in [0.4, 0.5) is 0 Å². The van der Waals surface area contributed by atoms with Crippen LogP contribution in [0.25, 0.3) is 0 Å². The minimum atomic E-state index is -2.37. The molecule has 2 nitrogen and oxygen atoms in total. The van der Waals surface area contributed by atoms with Gasteiger partial charge in [-0.1, -0.05) is 24.3 Å². The maximum Gasteiger partial charge on any atom is 0.0480 e. The van der Waals surface area contributed by atoms with Crippen molar-refractivity contribution in [3.05, 3.63) is 35.4 Å². The first-order valence-electron chi connectivity index (χ1n) is 4.28. The molecule has 0 amide bonds. The molecule has 1 aliphatic carbocycles. The van der Waals surface area contributed by atoms with Gasteiger partial charge in [-0.05, 0) is 29.8 Å². The van der Waals surface area contributed by atoms with Crippen LogP contribution in [0.1, 0.15) is 11.1 Å². The van der Waals surface area contributed by atoms with Crippen LogP contribution in [0.15, 0.2) is 24.3 Å². The summed E-state index contributed by atoms with van der Waals surface area (Å²) in [4.78, 5) is 0. The topological polar surface area (TPSA) is 43.1 Å². The van der Waals surface area contributed by atoms with Gasteiger partial charge in [0, 0.05) is 15.0 Å². The Morgan fingerprint density at radius 2 is 1.77 bits per heavy atom. The van der Waals surface area contributed by atoms with Crippen LogP contribution in [0, 0.1) is 0 Å². The van der Waals surface area contributed by atoms with Gasteiger partial charge in [-0.3, -0.25) is 9.35 Å². The van der Waals surface area contributed by atoms with E-state index in [9.17, 15) is 4.21 Å². The molecular formula is C10H13NOS. The van der Waals surface area contributed by atoms with E-state index >= 15 is 0 Å². The first-order valence-corrected chi connectivity index (χ1v) is 6.13. The number of fused-ring (bicyclic) bond motifs is 1. The van der Waals surface area contributed by atoms with E-state index in [1.807, 2.05) is 12.1 Å². The van der Waals surface area contributed by atoms with Gasteiger partial charge in [0.2, 0.25) is 0 Å². The van der Waals surface area contributed by atoms with Gasteiger partial charge in [0.25, 0.3) is 0 Å². The molecule has 0 saturated heterocycles. The van der Waals surface area contributed by atoms with Gasteiger partial charge < -0.3 is 0 Å². The van der Waals surface area contributed by atoms with E-state index in [1.165, 1.54) is 11.1 Å². The van der Waals surface area contributed by atoms with Crippen molar-refractivity contribution in [3.63, 3.8) is 0 Å². The van der Waals surface area contributed by atoms with Crippen molar-refractivity contribution in [1.82, 2.24) is 0 Å². The molecule has 13 heavy (non-hydrogen) atoms. The number of benzene rings is 1. The number of nitrogens with two attached hydrogens (primary N) is 1. The summed E-state index contributed by atoms with van der Waals surface area (Å²) in [5.41, 5.74) is 2.55. The molecule has 0 aliphatic heterocycles. The molecule has 1 aromatic rings. The number of hydrogen-bond donors (Lipinski definition) is 1. The lowest BCUT2D eigenvalue weighted by Gasteiger charge is -2.09. The Bertz CT molecular complexity index is 397. The van der Waals surface area contributed by atoms with Crippen molar-refractivity contribution in [1.29, 1.82) is 0 Å². The molecular weight excluding hydrogens is 182 g/mol. The lowest BCUT2D eigenvalue weighted by molar-refractivity contribution is 0.669. The fourth-order valence-corrected chi connectivity index (χ4v) is 2.72. The normalized spacial score (nSPS) is 21.0. The van der Waals surface area contributed by atoms with Crippen molar-refractivity contribution < 1.29 is 4.21 Å².